The number of nitrogens with zero attached hydrogens (tertiary/aromatic N) is 3. The van der Waals surface area contributed by atoms with Crippen LogP contribution in [0, 0.1) is 0 Å². The summed E-state index contributed by atoms with van der Waals surface area (Å²) in [5, 5.41) is 4.15. The van der Waals surface area contributed by atoms with E-state index < -0.39 is 17.8 Å². The molecular formula is C25H19F3N4O2. The fourth-order valence-corrected chi connectivity index (χ4v) is 4.01. The third-order valence-electron chi connectivity index (χ3n) is 5.66. The van der Waals surface area contributed by atoms with Gasteiger partial charge in [-0.1, -0.05) is 0 Å². The molecule has 0 saturated heterocycles. The highest BCUT2D eigenvalue weighted by atomic mass is 19.4. The van der Waals surface area contributed by atoms with Gasteiger partial charge in [-0.3, -0.25) is 9.55 Å². The smallest absolute Gasteiger partial charge is 0.420 e. The molecule has 172 valence electrons. The lowest BCUT2D eigenvalue weighted by molar-refractivity contribution is -0.138. The average Bonchev–Trinajstić information content (AvgIpc) is 3.42. The van der Waals surface area contributed by atoms with Gasteiger partial charge in [0.25, 0.3) is 0 Å². The molecular weight excluding hydrogens is 445 g/mol. The van der Waals surface area contributed by atoms with Crippen LogP contribution in [-0.2, 0) is 12.7 Å². The predicted octanol–water partition coefficient (Wildman–Crippen LogP) is 6.15. The van der Waals surface area contributed by atoms with Crippen molar-refractivity contribution in [2.45, 2.75) is 12.7 Å². The molecule has 0 unspecified atom stereocenters. The summed E-state index contributed by atoms with van der Waals surface area (Å²) in [4.78, 5) is 16.9. The zero-order valence-corrected chi connectivity index (χ0v) is 18.0. The lowest BCUT2D eigenvalue weighted by Crippen LogP contribution is -2.18. The Morgan fingerprint density at radius 1 is 0.971 bits per heavy atom. The molecule has 0 bridgehead atoms. The van der Waals surface area contributed by atoms with E-state index in [0.717, 1.165) is 27.1 Å². The molecule has 5 aromatic rings. The molecule has 3 aromatic heterocycles. The lowest BCUT2D eigenvalue weighted by Gasteiger charge is -2.13. The highest BCUT2D eigenvalue weighted by molar-refractivity contribution is 6.00. The molecule has 34 heavy (non-hydrogen) atoms. The number of alkyl halides is 3. The Morgan fingerprint density at radius 2 is 1.71 bits per heavy atom. The van der Waals surface area contributed by atoms with Crippen LogP contribution in [0.3, 0.4) is 0 Å². The fraction of sp³-hybridized carbons (Fsp3) is 0.120. The molecule has 3 heterocycles. The first-order chi connectivity index (χ1) is 16.3. The van der Waals surface area contributed by atoms with Crippen LogP contribution in [0.5, 0.6) is 5.75 Å². The van der Waals surface area contributed by atoms with E-state index in [1.807, 2.05) is 36.5 Å². The van der Waals surface area contributed by atoms with Crippen LogP contribution >= 0.6 is 0 Å². The molecule has 1 N–H and O–H groups in total. The Hall–Kier alpha value is -4.27. The van der Waals surface area contributed by atoms with Crippen molar-refractivity contribution >= 4 is 33.5 Å². The number of benzene rings is 2. The number of pyridine rings is 1. The van der Waals surface area contributed by atoms with Gasteiger partial charge < -0.3 is 14.6 Å². The molecule has 9 heteroatoms. The zero-order chi connectivity index (χ0) is 23.9. The summed E-state index contributed by atoms with van der Waals surface area (Å²) in [5.41, 5.74) is 1.83. The Bertz CT molecular complexity index is 1500. The molecule has 0 aliphatic heterocycles. The fourth-order valence-electron chi connectivity index (χ4n) is 4.01. The van der Waals surface area contributed by atoms with Gasteiger partial charge in [0.05, 0.1) is 18.2 Å². The number of methoxy groups -OCH3 is 1. The summed E-state index contributed by atoms with van der Waals surface area (Å²) in [5.74, 6) is -0.292. The number of hydrogen-bond donors (Lipinski definition) is 1. The summed E-state index contributed by atoms with van der Waals surface area (Å²) in [6, 6.07) is 14.5. The average molecular weight is 464 g/mol. The van der Waals surface area contributed by atoms with Crippen LogP contribution in [0.4, 0.5) is 23.7 Å². The number of aromatic nitrogens is 3. The van der Waals surface area contributed by atoms with Crippen LogP contribution in [0.25, 0.3) is 21.8 Å². The molecule has 0 radical (unpaired) electrons. The second kappa shape index (κ2) is 8.26. The first-order valence-corrected chi connectivity index (χ1v) is 10.4. The van der Waals surface area contributed by atoms with Crippen molar-refractivity contribution in [3.63, 3.8) is 0 Å². The normalized spacial score (nSPS) is 11.8. The maximum Gasteiger partial charge on any atom is 0.420 e. The monoisotopic (exact) mass is 464 g/mol. The standard InChI is InChI=1S/C25H19F3N4O2/c1-34-23-13-18-7-11-32(22(18)14-20(23)25(26,27)28)24(33)30-19-2-3-21-17(12-19)6-10-31(21)15-16-4-8-29-9-5-16/h2-14H,15H2,1H3,(H,30,33). The number of anilines is 1. The topological polar surface area (TPSA) is 61.1 Å². The minimum absolute atomic E-state index is 0.134. The molecule has 0 spiro atoms. The van der Waals surface area contributed by atoms with E-state index in [9.17, 15) is 18.0 Å². The number of fused-ring (bicyclic) bond motifs is 2. The Morgan fingerprint density at radius 3 is 2.44 bits per heavy atom. The van der Waals surface area contributed by atoms with E-state index in [1.165, 1.54) is 19.4 Å². The maximum atomic E-state index is 13.4. The molecule has 2 aromatic carbocycles. The highest BCUT2D eigenvalue weighted by Crippen LogP contribution is 2.39. The van der Waals surface area contributed by atoms with E-state index in [1.54, 1.807) is 24.5 Å². The summed E-state index contributed by atoms with van der Waals surface area (Å²) in [6.07, 6.45) is 2.27. The van der Waals surface area contributed by atoms with Crippen molar-refractivity contribution in [1.82, 2.24) is 14.1 Å². The van der Waals surface area contributed by atoms with Crippen molar-refractivity contribution in [3.05, 3.63) is 90.5 Å². The Balaban J connectivity index is 1.42. The van der Waals surface area contributed by atoms with E-state index in [0.29, 0.717) is 17.6 Å². The third-order valence-corrected chi connectivity index (χ3v) is 5.66. The van der Waals surface area contributed by atoms with Gasteiger partial charge in [-0.25, -0.2) is 4.79 Å². The Labute approximate surface area is 192 Å². The summed E-state index contributed by atoms with van der Waals surface area (Å²) >= 11 is 0. The molecule has 0 fully saturated rings. The third kappa shape index (κ3) is 3.96. The second-order valence-electron chi connectivity index (χ2n) is 7.80. The van der Waals surface area contributed by atoms with Crippen LogP contribution < -0.4 is 10.1 Å². The largest absolute Gasteiger partial charge is 0.496 e. The van der Waals surface area contributed by atoms with E-state index in [4.69, 9.17) is 4.74 Å². The van der Waals surface area contributed by atoms with Crippen LogP contribution in [0.2, 0.25) is 0 Å². The Kier molecular flexibility index (Phi) is 5.24. The van der Waals surface area contributed by atoms with Gasteiger partial charge in [-0.2, -0.15) is 13.2 Å². The predicted molar refractivity (Wildman–Crippen MR) is 123 cm³/mol. The number of carbonyl (C=O) groups is 1. The summed E-state index contributed by atoms with van der Waals surface area (Å²) < 4.78 is 48.5. The minimum Gasteiger partial charge on any atom is -0.496 e. The maximum absolute atomic E-state index is 13.4. The van der Waals surface area contributed by atoms with Gasteiger partial charge in [-0.05, 0) is 60.2 Å². The van der Waals surface area contributed by atoms with E-state index in [2.05, 4.69) is 14.9 Å². The SMILES string of the molecule is COc1cc2ccn(C(=O)Nc3ccc4c(ccn4Cc4ccncc4)c3)c2cc1C(F)(F)F. The number of halogens is 3. The van der Waals surface area contributed by atoms with Crippen LogP contribution in [0.1, 0.15) is 11.1 Å². The number of carbonyl (C=O) groups excluding carboxylic acids is 1. The second-order valence-corrected chi connectivity index (χ2v) is 7.80. The van der Waals surface area contributed by atoms with Crippen molar-refractivity contribution < 1.29 is 22.7 Å². The number of rotatable bonds is 4. The number of ether oxygens (including phenoxy) is 1. The number of hydrogen-bond acceptors (Lipinski definition) is 3. The lowest BCUT2D eigenvalue weighted by atomic mass is 10.1. The van der Waals surface area contributed by atoms with Crippen molar-refractivity contribution in [3.8, 4) is 5.75 Å². The number of nitrogens with one attached hydrogen (secondary N) is 1. The molecule has 0 saturated carbocycles. The van der Waals surface area contributed by atoms with Gasteiger partial charge in [0.1, 0.15) is 5.75 Å². The van der Waals surface area contributed by atoms with Crippen molar-refractivity contribution in [1.29, 1.82) is 0 Å². The van der Waals surface area contributed by atoms with Gasteiger partial charge in [0, 0.05) is 53.3 Å². The summed E-state index contributed by atoms with van der Waals surface area (Å²) in [6.45, 7) is 0.679. The quantitative estimate of drug-likeness (QED) is 0.347. The molecule has 0 aliphatic carbocycles. The molecule has 6 nitrogen and oxygen atoms in total. The molecule has 1 amide bonds. The highest BCUT2D eigenvalue weighted by Gasteiger charge is 2.35. The van der Waals surface area contributed by atoms with E-state index in [-0.39, 0.29) is 11.3 Å². The van der Waals surface area contributed by atoms with Crippen molar-refractivity contribution in [2.24, 2.45) is 0 Å². The molecule has 0 aliphatic rings. The first kappa shape index (κ1) is 21.6. The molecule has 5 rings (SSSR count). The van der Waals surface area contributed by atoms with E-state index >= 15 is 0 Å². The molecule has 0 atom stereocenters. The van der Waals surface area contributed by atoms with Gasteiger partial charge in [0.15, 0.2) is 0 Å². The minimum atomic E-state index is -4.61. The number of amides is 1. The summed E-state index contributed by atoms with van der Waals surface area (Å²) in [7, 11) is 1.18. The van der Waals surface area contributed by atoms with Gasteiger partial charge in [0.2, 0.25) is 0 Å². The zero-order valence-electron chi connectivity index (χ0n) is 18.0. The van der Waals surface area contributed by atoms with Gasteiger partial charge >= 0.3 is 12.2 Å². The van der Waals surface area contributed by atoms with Gasteiger partial charge in [-0.15, -0.1) is 0 Å². The first-order valence-electron chi connectivity index (χ1n) is 10.4. The van der Waals surface area contributed by atoms with Crippen molar-refractivity contribution in [2.75, 3.05) is 12.4 Å². The van der Waals surface area contributed by atoms with Crippen LogP contribution in [0.15, 0.2) is 79.4 Å². The van der Waals surface area contributed by atoms with Crippen LogP contribution in [-0.4, -0.2) is 27.3 Å².